The molecule has 1 atom stereocenters. The lowest BCUT2D eigenvalue weighted by atomic mass is 10.2. The van der Waals surface area contributed by atoms with Crippen molar-refractivity contribution in [3.05, 3.63) is 59.6 Å². The molecule has 140 valence electrons. The fourth-order valence-electron chi connectivity index (χ4n) is 2.89. The highest BCUT2D eigenvalue weighted by Gasteiger charge is 2.29. The molecule has 1 saturated heterocycles. The Hall–Kier alpha value is -3.07. The number of carbonyl (C=O) groups is 1. The Balaban J connectivity index is 1.42. The van der Waals surface area contributed by atoms with Crippen LogP contribution >= 0.6 is 0 Å². The Kier molecular flexibility index (Phi) is 4.68. The van der Waals surface area contributed by atoms with Crippen LogP contribution in [-0.4, -0.2) is 45.6 Å². The summed E-state index contributed by atoms with van der Waals surface area (Å²) in [6.45, 7) is 0.332. The van der Waals surface area contributed by atoms with Crippen molar-refractivity contribution in [2.24, 2.45) is 0 Å². The highest BCUT2D eigenvalue weighted by molar-refractivity contribution is 5.70. The molecule has 0 saturated carbocycles. The van der Waals surface area contributed by atoms with Crippen LogP contribution in [0.15, 0.2) is 36.5 Å². The van der Waals surface area contributed by atoms with Crippen LogP contribution in [0.1, 0.15) is 17.5 Å². The van der Waals surface area contributed by atoms with Crippen LogP contribution in [0.4, 0.5) is 13.6 Å². The molecule has 27 heavy (non-hydrogen) atoms. The van der Waals surface area contributed by atoms with Crippen molar-refractivity contribution in [3.63, 3.8) is 0 Å². The molecule has 1 N–H and O–H groups in total. The average Bonchev–Trinajstić information content (AvgIpc) is 3.12. The first-order valence-corrected chi connectivity index (χ1v) is 8.38. The van der Waals surface area contributed by atoms with E-state index in [1.807, 2.05) is 6.07 Å². The summed E-state index contributed by atoms with van der Waals surface area (Å²) in [7, 11) is 0. The van der Waals surface area contributed by atoms with Crippen LogP contribution in [0.25, 0.3) is 11.2 Å². The molecule has 1 aliphatic heterocycles. The molecule has 9 heteroatoms. The lowest BCUT2D eigenvalue weighted by Gasteiger charge is -2.31. The van der Waals surface area contributed by atoms with Gasteiger partial charge >= 0.3 is 6.09 Å². The number of halogens is 2. The van der Waals surface area contributed by atoms with Crippen LogP contribution in [0.3, 0.4) is 0 Å². The number of morpholine rings is 1. The number of hydrogen-bond donors (Lipinski definition) is 1. The first-order chi connectivity index (χ1) is 13.1. The summed E-state index contributed by atoms with van der Waals surface area (Å²) < 4.78 is 38.1. The highest BCUT2D eigenvalue weighted by atomic mass is 19.1. The van der Waals surface area contributed by atoms with E-state index in [1.165, 1.54) is 11.0 Å². The molecule has 1 aliphatic rings. The number of H-pyrrole nitrogens is 1. The van der Waals surface area contributed by atoms with Gasteiger partial charge in [-0.1, -0.05) is 6.07 Å². The van der Waals surface area contributed by atoms with E-state index in [9.17, 15) is 13.6 Å². The van der Waals surface area contributed by atoms with Gasteiger partial charge in [0.25, 0.3) is 0 Å². The Morgan fingerprint density at radius 2 is 2.11 bits per heavy atom. The molecule has 1 fully saturated rings. The number of benzene rings is 1. The second kappa shape index (κ2) is 7.28. The molecular weight excluding hydrogens is 358 g/mol. The summed E-state index contributed by atoms with van der Waals surface area (Å²) in [5.74, 6) is -0.948. The van der Waals surface area contributed by atoms with Crippen LogP contribution in [0.2, 0.25) is 0 Å². The van der Waals surface area contributed by atoms with E-state index in [0.29, 0.717) is 18.0 Å². The third kappa shape index (κ3) is 3.59. The lowest BCUT2D eigenvalue weighted by Crippen LogP contribution is -2.42. The minimum atomic E-state index is -0.752. The molecule has 1 aromatic carbocycles. The number of rotatable bonds is 3. The van der Waals surface area contributed by atoms with Crippen LogP contribution < -0.4 is 0 Å². The number of nitrogens with one attached hydrogen (secondary N) is 1. The number of hydrogen-bond acceptors (Lipinski definition) is 5. The van der Waals surface area contributed by atoms with Crippen molar-refractivity contribution < 1.29 is 23.0 Å². The van der Waals surface area contributed by atoms with Gasteiger partial charge in [-0.15, -0.1) is 0 Å². The second-order valence-electron chi connectivity index (χ2n) is 6.06. The number of aromatic amines is 1. The summed E-state index contributed by atoms with van der Waals surface area (Å²) in [5, 5.41) is 0. The maximum atomic E-state index is 13.6. The number of ether oxygens (including phenoxy) is 2. The fourth-order valence-corrected chi connectivity index (χ4v) is 2.89. The van der Waals surface area contributed by atoms with Gasteiger partial charge in [-0.25, -0.2) is 23.5 Å². The van der Waals surface area contributed by atoms with Gasteiger partial charge in [0.15, 0.2) is 5.65 Å². The van der Waals surface area contributed by atoms with Crippen molar-refractivity contribution in [1.82, 2.24) is 19.9 Å². The molecule has 2 aromatic heterocycles. The van der Waals surface area contributed by atoms with Crippen molar-refractivity contribution in [2.45, 2.75) is 12.7 Å². The Labute approximate surface area is 152 Å². The zero-order valence-electron chi connectivity index (χ0n) is 14.2. The van der Waals surface area contributed by atoms with Gasteiger partial charge in [0.2, 0.25) is 0 Å². The molecule has 7 nitrogen and oxygen atoms in total. The highest BCUT2D eigenvalue weighted by Crippen LogP contribution is 2.23. The molecular formula is C18H16F2N4O3. The van der Waals surface area contributed by atoms with Gasteiger partial charge in [-0.2, -0.15) is 0 Å². The third-order valence-electron chi connectivity index (χ3n) is 4.31. The summed E-state index contributed by atoms with van der Waals surface area (Å²) in [4.78, 5) is 25.4. The molecule has 3 aromatic rings. The molecule has 1 amide bonds. The molecule has 0 spiro atoms. The lowest BCUT2D eigenvalue weighted by molar-refractivity contribution is -0.0331. The van der Waals surface area contributed by atoms with Gasteiger partial charge in [-0.3, -0.25) is 0 Å². The normalized spacial score (nSPS) is 17.3. The molecule has 4 rings (SSSR count). The number of aromatic nitrogens is 3. The largest absolute Gasteiger partial charge is 0.444 e. The quantitative estimate of drug-likeness (QED) is 0.762. The summed E-state index contributed by atoms with van der Waals surface area (Å²) in [5.41, 5.74) is 1.05. The molecule has 0 aliphatic carbocycles. The third-order valence-corrected chi connectivity index (χ3v) is 4.31. The van der Waals surface area contributed by atoms with E-state index in [4.69, 9.17) is 9.47 Å². The number of amides is 1. The van der Waals surface area contributed by atoms with E-state index in [-0.39, 0.29) is 18.7 Å². The number of carbonyl (C=O) groups excluding carboxylic acids is 1. The van der Waals surface area contributed by atoms with Gasteiger partial charge < -0.3 is 19.4 Å². The van der Waals surface area contributed by atoms with E-state index < -0.39 is 30.4 Å². The average molecular weight is 374 g/mol. The Morgan fingerprint density at radius 3 is 2.89 bits per heavy atom. The van der Waals surface area contributed by atoms with Crippen molar-refractivity contribution >= 4 is 17.3 Å². The predicted molar refractivity (Wildman–Crippen MR) is 90.7 cm³/mol. The monoisotopic (exact) mass is 374 g/mol. The minimum Gasteiger partial charge on any atom is -0.444 e. The van der Waals surface area contributed by atoms with Crippen LogP contribution in [-0.2, 0) is 16.1 Å². The number of fused-ring (bicyclic) bond motifs is 1. The topological polar surface area (TPSA) is 80.3 Å². The van der Waals surface area contributed by atoms with Gasteiger partial charge in [0.1, 0.15) is 30.2 Å². The van der Waals surface area contributed by atoms with Crippen molar-refractivity contribution in [3.8, 4) is 0 Å². The Morgan fingerprint density at radius 1 is 1.30 bits per heavy atom. The van der Waals surface area contributed by atoms with Gasteiger partial charge in [-0.05, 0) is 24.3 Å². The van der Waals surface area contributed by atoms with Crippen molar-refractivity contribution in [1.29, 1.82) is 0 Å². The first-order valence-electron chi connectivity index (χ1n) is 8.38. The predicted octanol–water partition coefficient (Wildman–Crippen LogP) is 2.95. The standard InChI is InChI=1S/C18H16F2N4O3/c19-12-3-1-4-13(20)11(12)10-27-18(25)24-7-8-26-15(9-24)17-22-14-5-2-6-21-16(14)23-17/h1-6,15H,7-10H2,(H,21,22,23)/t15-/m0/s1. The number of imidazole rings is 1. The SMILES string of the molecule is O=C(OCc1c(F)cccc1F)N1CCO[C@H](c2nc3ncccc3[nH]2)C1. The maximum absolute atomic E-state index is 13.6. The number of nitrogens with zero attached hydrogens (tertiary/aromatic N) is 3. The smallest absolute Gasteiger partial charge is 0.410 e. The van der Waals surface area contributed by atoms with E-state index in [0.717, 1.165) is 17.6 Å². The van der Waals surface area contributed by atoms with Gasteiger partial charge in [0, 0.05) is 12.7 Å². The summed E-state index contributed by atoms with van der Waals surface area (Å²) in [6.07, 6.45) is 0.506. The number of pyridine rings is 1. The van der Waals surface area contributed by atoms with E-state index in [2.05, 4.69) is 15.0 Å². The van der Waals surface area contributed by atoms with Crippen molar-refractivity contribution in [2.75, 3.05) is 19.7 Å². The second-order valence-corrected chi connectivity index (χ2v) is 6.06. The van der Waals surface area contributed by atoms with Crippen LogP contribution in [0, 0.1) is 11.6 Å². The zero-order valence-corrected chi connectivity index (χ0v) is 14.2. The molecule has 0 unspecified atom stereocenters. The van der Waals surface area contributed by atoms with E-state index in [1.54, 1.807) is 12.3 Å². The minimum absolute atomic E-state index is 0.207. The molecule has 0 bridgehead atoms. The summed E-state index contributed by atoms with van der Waals surface area (Å²) >= 11 is 0. The van der Waals surface area contributed by atoms with Gasteiger partial charge in [0.05, 0.1) is 24.2 Å². The van der Waals surface area contributed by atoms with Crippen LogP contribution in [0.5, 0.6) is 0 Å². The Bertz CT molecular complexity index is 925. The fraction of sp³-hybridized carbons (Fsp3) is 0.278. The summed E-state index contributed by atoms with van der Waals surface area (Å²) in [6, 6.07) is 7.12. The molecule has 0 radical (unpaired) electrons. The maximum Gasteiger partial charge on any atom is 0.410 e. The zero-order chi connectivity index (χ0) is 18.8. The molecule has 3 heterocycles. The van der Waals surface area contributed by atoms with E-state index >= 15 is 0 Å². The first kappa shape index (κ1) is 17.3.